The molecule has 4 nitrogen and oxygen atoms in total. The van der Waals surface area contributed by atoms with Gasteiger partial charge in [0.2, 0.25) is 10.0 Å². The Morgan fingerprint density at radius 3 is 2.70 bits per heavy atom. The number of rotatable bonds is 5. The predicted molar refractivity (Wildman–Crippen MR) is 91.3 cm³/mol. The lowest BCUT2D eigenvalue weighted by Crippen LogP contribution is -2.30. The first-order valence-corrected chi connectivity index (χ1v) is 9.86. The number of nitrogens with zero attached hydrogens (tertiary/aromatic N) is 2. The molecule has 1 aromatic heterocycles. The van der Waals surface area contributed by atoms with Gasteiger partial charge in [-0.25, -0.2) is 12.8 Å². The molecule has 0 N–H and O–H groups in total. The maximum atomic E-state index is 13.7. The molecule has 3 rings (SSSR count). The second-order valence-electron chi connectivity index (χ2n) is 5.73. The quantitative estimate of drug-likeness (QED) is 0.768. The van der Waals surface area contributed by atoms with Gasteiger partial charge in [0.1, 0.15) is 5.82 Å². The Morgan fingerprint density at radius 1 is 1.35 bits per heavy atom. The summed E-state index contributed by atoms with van der Waals surface area (Å²) in [5, 5.41) is 0. The molecule has 0 saturated heterocycles. The van der Waals surface area contributed by atoms with E-state index in [2.05, 4.69) is 20.9 Å². The summed E-state index contributed by atoms with van der Waals surface area (Å²) in [6.07, 6.45) is 6.52. The molecule has 122 valence electrons. The molecule has 1 fully saturated rings. The van der Waals surface area contributed by atoms with Gasteiger partial charge >= 0.3 is 0 Å². The van der Waals surface area contributed by atoms with E-state index >= 15 is 0 Å². The number of hydrogen-bond acceptors (Lipinski definition) is 3. The summed E-state index contributed by atoms with van der Waals surface area (Å²) in [6, 6.07) is 6.50. The first-order chi connectivity index (χ1) is 10.9. The van der Waals surface area contributed by atoms with Crippen molar-refractivity contribution in [1.29, 1.82) is 0 Å². The van der Waals surface area contributed by atoms with Crippen molar-refractivity contribution in [3.05, 3.63) is 58.1 Å². The molecule has 0 aliphatic heterocycles. The maximum absolute atomic E-state index is 13.7. The highest BCUT2D eigenvalue weighted by Gasteiger charge is 2.30. The summed E-state index contributed by atoms with van der Waals surface area (Å²) < 4.78 is 39.9. The van der Waals surface area contributed by atoms with E-state index in [1.807, 2.05) is 6.07 Å². The molecule has 0 unspecified atom stereocenters. The summed E-state index contributed by atoms with van der Waals surface area (Å²) in [6.45, 7) is 0.0778. The van der Waals surface area contributed by atoms with E-state index in [1.54, 1.807) is 24.5 Å². The number of sulfonamides is 1. The van der Waals surface area contributed by atoms with Crippen LogP contribution in [-0.4, -0.2) is 19.7 Å². The molecule has 0 radical (unpaired) electrons. The van der Waals surface area contributed by atoms with Gasteiger partial charge in [-0.1, -0.05) is 6.07 Å². The largest absolute Gasteiger partial charge is 0.264 e. The normalized spacial score (nSPS) is 14.7. The molecule has 2 aromatic rings. The molecule has 1 aliphatic rings. The standard InChI is InChI=1S/C16H16BrFN2O2S/c1-23(21,22)20(10-11-2-5-14(17)15(18)8-11)16-9-19-7-6-13(16)12-3-4-12/h2,5-9,12H,3-4,10H2,1H3. The Labute approximate surface area is 143 Å². The smallest absolute Gasteiger partial charge is 0.232 e. The van der Waals surface area contributed by atoms with Crippen molar-refractivity contribution in [3.8, 4) is 0 Å². The van der Waals surface area contributed by atoms with Crippen LogP contribution in [-0.2, 0) is 16.6 Å². The summed E-state index contributed by atoms with van der Waals surface area (Å²) >= 11 is 3.10. The third-order valence-electron chi connectivity index (χ3n) is 3.83. The first-order valence-electron chi connectivity index (χ1n) is 7.22. The average molecular weight is 399 g/mol. The van der Waals surface area contributed by atoms with Crippen LogP contribution >= 0.6 is 15.9 Å². The van der Waals surface area contributed by atoms with E-state index in [-0.39, 0.29) is 6.54 Å². The summed E-state index contributed by atoms with van der Waals surface area (Å²) in [7, 11) is -3.51. The molecule has 23 heavy (non-hydrogen) atoms. The fourth-order valence-corrected chi connectivity index (χ4v) is 3.67. The van der Waals surface area contributed by atoms with Crippen molar-refractivity contribution in [2.75, 3.05) is 10.6 Å². The summed E-state index contributed by atoms with van der Waals surface area (Å²) in [5.74, 6) is -0.0246. The van der Waals surface area contributed by atoms with Gasteiger partial charge in [-0.05, 0) is 64.0 Å². The number of pyridine rings is 1. The predicted octanol–water partition coefficient (Wildman–Crippen LogP) is 3.83. The van der Waals surface area contributed by atoms with Crippen molar-refractivity contribution in [3.63, 3.8) is 0 Å². The molecule has 0 bridgehead atoms. The molecular formula is C16H16BrFN2O2S. The second-order valence-corrected chi connectivity index (χ2v) is 8.49. The van der Waals surface area contributed by atoms with E-state index in [4.69, 9.17) is 0 Å². The van der Waals surface area contributed by atoms with Gasteiger partial charge in [0.15, 0.2) is 0 Å². The van der Waals surface area contributed by atoms with Crippen LogP contribution in [0.4, 0.5) is 10.1 Å². The maximum Gasteiger partial charge on any atom is 0.232 e. The van der Waals surface area contributed by atoms with Crippen LogP contribution in [0, 0.1) is 5.82 Å². The zero-order chi connectivity index (χ0) is 16.6. The highest BCUT2D eigenvalue weighted by Crippen LogP contribution is 2.44. The molecule has 0 amide bonds. The minimum absolute atomic E-state index is 0.0778. The van der Waals surface area contributed by atoms with Gasteiger partial charge in [-0.15, -0.1) is 0 Å². The van der Waals surface area contributed by atoms with Crippen LogP contribution < -0.4 is 4.31 Å². The first kappa shape index (κ1) is 16.4. The Morgan fingerprint density at radius 2 is 2.09 bits per heavy atom. The molecule has 7 heteroatoms. The van der Waals surface area contributed by atoms with E-state index in [0.29, 0.717) is 21.6 Å². The topological polar surface area (TPSA) is 50.3 Å². The molecule has 0 spiro atoms. The number of benzene rings is 1. The average Bonchev–Trinajstić information content (AvgIpc) is 3.32. The molecule has 1 heterocycles. The van der Waals surface area contributed by atoms with Crippen LogP contribution in [0.2, 0.25) is 0 Å². The van der Waals surface area contributed by atoms with Crippen molar-refractivity contribution in [2.45, 2.75) is 25.3 Å². The number of anilines is 1. The lowest BCUT2D eigenvalue weighted by Gasteiger charge is -2.24. The zero-order valence-corrected chi connectivity index (χ0v) is 14.9. The molecule has 1 aromatic carbocycles. The van der Waals surface area contributed by atoms with E-state index in [0.717, 1.165) is 24.7 Å². The molecule has 1 saturated carbocycles. The minimum Gasteiger partial charge on any atom is -0.264 e. The molecule has 0 atom stereocenters. The van der Waals surface area contributed by atoms with Gasteiger partial charge in [-0.2, -0.15) is 0 Å². The second kappa shape index (κ2) is 6.20. The summed E-state index contributed by atoms with van der Waals surface area (Å²) in [5.41, 5.74) is 2.16. The van der Waals surface area contributed by atoms with Gasteiger partial charge in [0, 0.05) is 6.20 Å². The van der Waals surface area contributed by atoms with E-state index in [1.165, 1.54) is 10.4 Å². The highest BCUT2D eigenvalue weighted by molar-refractivity contribution is 9.10. The minimum atomic E-state index is -3.51. The van der Waals surface area contributed by atoms with Gasteiger partial charge in [0.05, 0.1) is 29.2 Å². The fourth-order valence-electron chi connectivity index (χ4n) is 2.53. The molecule has 1 aliphatic carbocycles. The number of halogens is 2. The lowest BCUT2D eigenvalue weighted by atomic mass is 10.1. The zero-order valence-electron chi connectivity index (χ0n) is 12.5. The van der Waals surface area contributed by atoms with Crippen LogP contribution in [0.1, 0.15) is 29.9 Å². The van der Waals surface area contributed by atoms with Crippen LogP contribution in [0.15, 0.2) is 41.1 Å². The molecular weight excluding hydrogens is 383 g/mol. The summed E-state index contributed by atoms with van der Waals surface area (Å²) in [4.78, 5) is 4.08. The lowest BCUT2D eigenvalue weighted by molar-refractivity contribution is 0.594. The van der Waals surface area contributed by atoms with E-state index in [9.17, 15) is 12.8 Å². The van der Waals surface area contributed by atoms with Crippen molar-refractivity contribution in [1.82, 2.24) is 4.98 Å². The van der Waals surface area contributed by atoms with Crippen molar-refractivity contribution >= 4 is 31.6 Å². The van der Waals surface area contributed by atoms with Gasteiger partial charge < -0.3 is 0 Å². The Bertz CT molecular complexity index is 838. The van der Waals surface area contributed by atoms with Crippen LogP contribution in [0.25, 0.3) is 0 Å². The van der Waals surface area contributed by atoms with Crippen molar-refractivity contribution in [2.24, 2.45) is 0 Å². The third kappa shape index (κ3) is 3.72. The third-order valence-corrected chi connectivity index (χ3v) is 5.60. The van der Waals surface area contributed by atoms with Crippen LogP contribution in [0.3, 0.4) is 0 Å². The SMILES string of the molecule is CS(=O)(=O)N(Cc1ccc(Br)c(F)c1)c1cnccc1C1CC1. The van der Waals surface area contributed by atoms with E-state index < -0.39 is 15.8 Å². The number of aromatic nitrogens is 1. The van der Waals surface area contributed by atoms with Gasteiger partial charge in [0.25, 0.3) is 0 Å². The Balaban J connectivity index is 2.01. The Hall–Kier alpha value is -1.47. The Kier molecular flexibility index (Phi) is 4.42. The van der Waals surface area contributed by atoms with Crippen LogP contribution in [0.5, 0.6) is 0 Å². The monoisotopic (exact) mass is 398 g/mol. The fraction of sp³-hybridized carbons (Fsp3) is 0.312. The number of hydrogen-bond donors (Lipinski definition) is 0. The van der Waals surface area contributed by atoms with Crippen molar-refractivity contribution < 1.29 is 12.8 Å². The van der Waals surface area contributed by atoms with Gasteiger partial charge in [-0.3, -0.25) is 9.29 Å². The highest BCUT2D eigenvalue weighted by atomic mass is 79.9.